The first-order valence-corrected chi connectivity index (χ1v) is 7.64. The van der Waals surface area contributed by atoms with Crippen molar-refractivity contribution in [2.75, 3.05) is 5.75 Å². The van der Waals surface area contributed by atoms with E-state index in [4.69, 9.17) is 0 Å². The molecule has 1 unspecified atom stereocenters. The van der Waals surface area contributed by atoms with Gasteiger partial charge in [0.1, 0.15) is 5.78 Å². The zero-order valence-corrected chi connectivity index (χ0v) is 12.0. The molecule has 0 aromatic heterocycles. The monoisotopic (exact) mass is 299 g/mol. The van der Waals surface area contributed by atoms with Crippen LogP contribution in [0.2, 0.25) is 0 Å². The van der Waals surface area contributed by atoms with E-state index in [1.807, 2.05) is 24.3 Å². The third-order valence-corrected chi connectivity index (χ3v) is 4.69. The molecule has 1 heterocycles. The average molecular weight is 299 g/mol. The lowest BCUT2D eigenvalue weighted by Crippen LogP contribution is -2.13. The van der Waals surface area contributed by atoms with Crippen LogP contribution in [0.1, 0.15) is 23.5 Å². The minimum absolute atomic E-state index is 0.0440. The predicted octanol–water partition coefficient (Wildman–Crippen LogP) is 3.79. The summed E-state index contributed by atoms with van der Waals surface area (Å²) in [6.45, 7) is 0. The summed E-state index contributed by atoms with van der Waals surface area (Å²) in [4.78, 5) is 23.9. The number of carbonyl (C=O) groups is 1. The van der Waals surface area contributed by atoms with Crippen molar-refractivity contribution < 1.29 is 9.72 Å². The molecule has 21 heavy (non-hydrogen) atoms. The quantitative estimate of drug-likeness (QED) is 0.625. The number of fused-ring (bicyclic) bond motifs is 1. The van der Waals surface area contributed by atoms with Gasteiger partial charge in [0.25, 0.3) is 5.69 Å². The molecule has 1 aliphatic heterocycles. The van der Waals surface area contributed by atoms with Crippen LogP contribution in [0.25, 0.3) is 0 Å². The topological polar surface area (TPSA) is 60.2 Å². The summed E-state index contributed by atoms with van der Waals surface area (Å²) in [7, 11) is 0. The summed E-state index contributed by atoms with van der Waals surface area (Å²) in [6.07, 6.45) is 0.515. The number of nitrogens with zero attached hydrogens (tertiary/aromatic N) is 1. The Bertz CT molecular complexity index is 697. The fourth-order valence-electron chi connectivity index (χ4n) is 2.58. The SMILES string of the molecule is O=C1CCSc2ccccc2C1c1ccc([N+](=O)[O-])cc1. The average Bonchev–Trinajstić information content (AvgIpc) is 2.65. The molecule has 2 aromatic carbocycles. The fourth-order valence-corrected chi connectivity index (χ4v) is 3.63. The van der Waals surface area contributed by atoms with Gasteiger partial charge in [-0.25, -0.2) is 0 Å². The van der Waals surface area contributed by atoms with Crippen molar-refractivity contribution in [1.29, 1.82) is 0 Å². The molecular weight excluding hydrogens is 286 g/mol. The Hall–Kier alpha value is -2.14. The second-order valence-corrected chi connectivity index (χ2v) is 6.02. The van der Waals surface area contributed by atoms with Crippen LogP contribution < -0.4 is 0 Å². The van der Waals surface area contributed by atoms with E-state index in [0.717, 1.165) is 21.8 Å². The summed E-state index contributed by atoms with van der Waals surface area (Å²) in [5, 5.41) is 10.7. The van der Waals surface area contributed by atoms with Crippen molar-refractivity contribution in [2.45, 2.75) is 17.2 Å². The van der Waals surface area contributed by atoms with Crippen molar-refractivity contribution in [3.05, 3.63) is 69.8 Å². The number of hydrogen-bond acceptors (Lipinski definition) is 4. The Balaban J connectivity index is 2.06. The second-order valence-electron chi connectivity index (χ2n) is 4.88. The minimum Gasteiger partial charge on any atom is -0.299 e. The molecule has 0 saturated heterocycles. The van der Waals surface area contributed by atoms with E-state index in [1.54, 1.807) is 23.9 Å². The molecule has 1 aliphatic rings. The van der Waals surface area contributed by atoms with E-state index in [-0.39, 0.29) is 17.4 Å². The van der Waals surface area contributed by atoms with Crippen molar-refractivity contribution >= 4 is 23.2 Å². The lowest BCUT2D eigenvalue weighted by molar-refractivity contribution is -0.384. The van der Waals surface area contributed by atoms with Gasteiger partial charge in [0.05, 0.1) is 10.8 Å². The van der Waals surface area contributed by atoms with E-state index in [9.17, 15) is 14.9 Å². The molecule has 0 N–H and O–H groups in total. The maximum absolute atomic E-state index is 12.4. The summed E-state index contributed by atoms with van der Waals surface area (Å²) in [6, 6.07) is 14.2. The van der Waals surface area contributed by atoms with Gasteiger partial charge in [0.15, 0.2) is 0 Å². The molecule has 5 heteroatoms. The molecule has 0 fully saturated rings. The van der Waals surface area contributed by atoms with Gasteiger partial charge >= 0.3 is 0 Å². The van der Waals surface area contributed by atoms with Gasteiger partial charge in [-0.15, -0.1) is 11.8 Å². The van der Waals surface area contributed by atoms with Crippen molar-refractivity contribution in [3.63, 3.8) is 0 Å². The number of rotatable bonds is 2. The molecule has 3 rings (SSSR count). The van der Waals surface area contributed by atoms with E-state index in [0.29, 0.717) is 6.42 Å². The van der Waals surface area contributed by atoms with Crippen LogP contribution in [-0.4, -0.2) is 16.5 Å². The molecule has 0 aliphatic carbocycles. The number of ketones is 1. The predicted molar refractivity (Wildman–Crippen MR) is 81.7 cm³/mol. The Labute approximate surface area is 126 Å². The van der Waals surface area contributed by atoms with Crippen LogP contribution in [0.15, 0.2) is 53.4 Å². The number of Topliss-reactive ketones (excluding diaryl/α,β-unsaturated/α-hetero) is 1. The molecule has 0 radical (unpaired) electrons. The first kappa shape index (κ1) is 13.8. The van der Waals surface area contributed by atoms with E-state index >= 15 is 0 Å². The Morgan fingerprint density at radius 2 is 1.81 bits per heavy atom. The van der Waals surface area contributed by atoms with Crippen LogP contribution in [-0.2, 0) is 4.79 Å². The second kappa shape index (κ2) is 5.69. The molecule has 2 aromatic rings. The largest absolute Gasteiger partial charge is 0.299 e. The van der Waals surface area contributed by atoms with Crippen molar-refractivity contribution in [2.24, 2.45) is 0 Å². The summed E-state index contributed by atoms with van der Waals surface area (Å²) in [5.74, 6) is 0.623. The minimum atomic E-state index is -0.428. The number of thioether (sulfide) groups is 1. The number of carbonyl (C=O) groups excluding carboxylic acids is 1. The van der Waals surface area contributed by atoms with Crippen molar-refractivity contribution in [1.82, 2.24) is 0 Å². The number of nitro groups is 1. The number of hydrogen-bond donors (Lipinski definition) is 0. The molecule has 106 valence electrons. The van der Waals surface area contributed by atoms with Gasteiger partial charge in [-0.3, -0.25) is 14.9 Å². The fraction of sp³-hybridized carbons (Fsp3) is 0.188. The van der Waals surface area contributed by atoms with E-state index < -0.39 is 4.92 Å². The van der Waals surface area contributed by atoms with E-state index in [1.165, 1.54) is 12.1 Å². The van der Waals surface area contributed by atoms with Crippen LogP contribution >= 0.6 is 11.8 Å². The Kier molecular flexibility index (Phi) is 3.75. The zero-order valence-electron chi connectivity index (χ0n) is 11.2. The zero-order chi connectivity index (χ0) is 14.8. The lowest BCUT2D eigenvalue weighted by Gasteiger charge is -2.16. The third kappa shape index (κ3) is 2.69. The molecule has 0 bridgehead atoms. The number of benzene rings is 2. The van der Waals surface area contributed by atoms with Gasteiger partial charge in [0.2, 0.25) is 0 Å². The smallest absolute Gasteiger partial charge is 0.269 e. The molecule has 0 amide bonds. The number of non-ortho nitro benzene ring substituents is 1. The Morgan fingerprint density at radius 1 is 1.10 bits per heavy atom. The van der Waals surface area contributed by atoms with Crippen LogP contribution in [0.4, 0.5) is 5.69 Å². The highest BCUT2D eigenvalue weighted by atomic mass is 32.2. The maximum Gasteiger partial charge on any atom is 0.269 e. The highest BCUT2D eigenvalue weighted by Gasteiger charge is 2.27. The summed E-state index contributed by atoms with van der Waals surface area (Å²) in [5.41, 5.74) is 1.86. The van der Waals surface area contributed by atoms with Crippen molar-refractivity contribution in [3.8, 4) is 0 Å². The molecule has 1 atom stereocenters. The Morgan fingerprint density at radius 3 is 2.52 bits per heavy atom. The summed E-state index contributed by atoms with van der Waals surface area (Å²) >= 11 is 1.69. The first-order chi connectivity index (χ1) is 10.2. The molecule has 0 saturated carbocycles. The summed E-state index contributed by atoms with van der Waals surface area (Å²) < 4.78 is 0. The van der Waals surface area contributed by atoms with Gasteiger partial charge < -0.3 is 0 Å². The molecule has 4 nitrogen and oxygen atoms in total. The van der Waals surface area contributed by atoms with Crippen LogP contribution in [0.5, 0.6) is 0 Å². The number of nitro benzene ring substituents is 1. The van der Waals surface area contributed by atoms with Crippen LogP contribution in [0.3, 0.4) is 0 Å². The van der Waals surface area contributed by atoms with E-state index in [2.05, 4.69) is 0 Å². The van der Waals surface area contributed by atoms with Gasteiger partial charge in [0, 0.05) is 29.2 Å². The van der Waals surface area contributed by atoms with Crippen LogP contribution in [0, 0.1) is 10.1 Å². The maximum atomic E-state index is 12.4. The first-order valence-electron chi connectivity index (χ1n) is 6.65. The highest BCUT2D eigenvalue weighted by Crippen LogP contribution is 2.38. The third-order valence-electron chi connectivity index (χ3n) is 3.60. The lowest BCUT2D eigenvalue weighted by atomic mass is 9.86. The van der Waals surface area contributed by atoms with Gasteiger partial charge in [-0.2, -0.15) is 0 Å². The standard InChI is InChI=1S/C16H13NO3S/c18-14-9-10-21-15-4-2-1-3-13(15)16(14)11-5-7-12(8-6-11)17(19)20/h1-8,16H,9-10H2. The molecular formula is C16H13NO3S. The molecule has 0 spiro atoms. The van der Waals surface area contributed by atoms with Gasteiger partial charge in [-0.05, 0) is 17.2 Å². The highest BCUT2D eigenvalue weighted by molar-refractivity contribution is 7.99. The van der Waals surface area contributed by atoms with Gasteiger partial charge in [-0.1, -0.05) is 30.3 Å². The normalized spacial score (nSPS) is 17.9.